The summed E-state index contributed by atoms with van der Waals surface area (Å²) in [6, 6.07) is 6.75. The minimum absolute atomic E-state index is 0.441. The lowest BCUT2D eigenvalue weighted by atomic mass is 10.1. The van der Waals surface area contributed by atoms with Crippen LogP contribution in [0.4, 0.5) is 5.82 Å². The Balaban J connectivity index is 2.18. The summed E-state index contributed by atoms with van der Waals surface area (Å²) in [7, 11) is 0. The van der Waals surface area contributed by atoms with Crippen LogP contribution in [0.3, 0.4) is 0 Å². The summed E-state index contributed by atoms with van der Waals surface area (Å²) in [5, 5.41) is 12.2. The Morgan fingerprint density at radius 2 is 2.31 bits per heavy atom. The van der Waals surface area contributed by atoms with E-state index in [1.807, 2.05) is 12.1 Å². The Hall–Kier alpha value is -1.60. The highest BCUT2D eigenvalue weighted by molar-refractivity contribution is 5.43. The fourth-order valence-corrected chi connectivity index (χ4v) is 1.96. The summed E-state index contributed by atoms with van der Waals surface area (Å²) < 4.78 is 0. The van der Waals surface area contributed by atoms with Crippen LogP contribution in [-0.4, -0.2) is 30.2 Å². The van der Waals surface area contributed by atoms with Crippen molar-refractivity contribution in [1.82, 2.24) is 10.3 Å². The van der Waals surface area contributed by atoms with Crippen LogP contribution in [-0.2, 0) is 0 Å². The number of nitriles is 1. The van der Waals surface area contributed by atoms with Crippen LogP contribution in [0.5, 0.6) is 0 Å². The van der Waals surface area contributed by atoms with E-state index >= 15 is 0 Å². The molecule has 0 aromatic carbocycles. The first-order valence-electron chi connectivity index (χ1n) is 5.57. The first kappa shape index (κ1) is 10.9. The van der Waals surface area contributed by atoms with Gasteiger partial charge in [0.1, 0.15) is 11.9 Å². The van der Waals surface area contributed by atoms with Crippen LogP contribution in [0.15, 0.2) is 18.3 Å². The number of rotatable bonds is 1. The molecular formula is C12H16N4. The molecule has 4 nitrogen and oxygen atoms in total. The first-order chi connectivity index (χ1) is 7.70. The molecule has 2 atom stereocenters. The molecule has 1 N–H and O–H groups in total. The van der Waals surface area contributed by atoms with Crippen LogP contribution in [0, 0.1) is 11.3 Å². The lowest BCUT2D eigenvalue weighted by molar-refractivity contribution is 0.422. The normalized spacial score (nSPS) is 25.2. The number of aromatic nitrogens is 1. The van der Waals surface area contributed by atoms with Crippen LogP contribution >= 0.6 is 0 Å². The summed E-state index contributed by atoms with van der Waals surface area (Å²) in [5.41, 5.74) is 0.611. The molecule has 0 bridgehead atoms. The maximum absolute atomic E-state index is 8.72. The number of nitrogens with one attached hydrogen (secondary N) is 1. The van der Waals surface area contributed by atoms with Crippen molar-refractivity contribution in [2.75, 3.05) is 18.0 Å². The Morgan fingerprint density at radius 3 is 2.94 bits per heavy atom. The predicted octanol–water partition coefficient (Wildman–Crippen LogP) is 1.14. The zero-order chi connectivity index (χ0) is 11.5. The smallest absolute Gasteiger partial charge is 0.128 e. The van der Waals surface area contributed by atoms with E-state index in [1.165, 1.54) is 0 Å². The fourth-order valence-electron chi connectivity index (χ4n) is 1.96. The number of hydrogen-bond donors (Lipinski definition) is 1. The average molecular weight is 216 g/mol. The number of piperazine rings is 1. The van der Waals surface area contributed by atoms with Crippen LogP contribution < -0.4 is 10.2 Å². The lowest BCUT2D eigenvalue weighted by Crippen LogP contribution is -2.54. The molecule has 1 fully saturated rings. The van der Waals surface area contributed by atoms with E-state index in [0.29, 0.717) is 17.6 Å². The third-order valence-corrected chi connectivity index (χ3v) is 2.94. The highest BCUT2D eigenvalue weighted by atomic mass is 15.3. The molecule has 1 aliphatic rings. The lowest BCUT2D eigenvalue weighted by Gasteiger charge is -2.38. The number of nitrogens with zero attached hydrogens (tertiary/aromatic N) is 3. The molecule has 1 aliphatic heterocycles. The second-order valence-corrected chi connectivity index (χ2v) is 4.33. The molecule has 84 valence electrons. The van der Waals surface area contributed by atoms with E-state index in [0.717, 1.165) is 18.9 Å². The number of anilines is 1. The van der Waals surface area contributed by atoms with Crippen molar-refractivity contribution < 1.29 is 0 Å². The average Bonchev–Trinajstić information content (AvgIpc) is 2.32. The molecule has 1 saturated heterocycles. The van der Waals surface area contributed by atoms with Gasteiger partial charge in [-0.25, -0.2) is 4.98 Å². The quantitative estimate of drug-likeness (QED) is 0.765. The minimum atomic E-state index is 0.441. The molecule has 0 saturated carbocycles. The van der Waals surface area contributed by atoms with Crippen LogP contribution in [0.25, 0.3) is 0 Å². The third-order valence-electron chi connectivity index (χ3n) is 2.94. The van der Waals surface area contributed by atoms with Gasteiger partial charge in [0, 0.05) is 31.4 Å². The zero-order valence-corrected chi connectivity index (χ0v) is 9.64. The van der Waals surface area contributed by atoms with E-state index in [-0.39, 0.29) is 0 Å². The summed E-state index contributed by atoms with van der Waals surface area (Å²) in [6.45, 7) is 6.28. The van der Waals surface area contributed by atoms with Crippen molar-refractivity contribution in [1.29, 1.82) is 5.26 Å². The molecular weight excluding hydrogens is 200 g/mol. The van der Waals surface area contributed by atoms with Gasteiger partial charge >= 0.3 is 0 Å². The zero-order valence-electron chi connectivity index (χ0n) is 9.64. The van der Waals surface area contributed by atoms with E-state index < -0.39 is 0 Å². The number of hydrogen-bond acceptors (Lipinski definition) is 4. The van der Waals surface area contributed by atoms with Gasteiger partial charge in [-0.15, -0.1) is 0 Å². The molecule has 16 heavy (non-hydrogen) atoms. The molecule has 2 unspecified atom stereocenters. The van der Waals surface area contributed by atoms with Crippen LogP contribution in [0.2, 0.25) is 0 Å². The van der Waals surface area contributed by atoms with E-state index in [4.69, 9.17) is 5.26 Å². The Bertz CT molecular complexity index is 392. The van der Waals surface area contributed by atoms with Gasteiger partial charge in [-0.05, 0) is 26.0 Å². The molecule has 2 rings (SSSR count). The summed E-state index contributed by atoms with van der Waals surface area (Å²) in [6.07, 6.45) is 1.63. The van der Waals surface area contributed by atoms with E-state index in [2.05, 4.69) is 35.1 Å². The second kappa shape index (κ2) is 4.50. The largest absolute Gasteiger partial charge is 0.351 e. The van der Waals surface area contributed by atoms with E-state index in [1.54, 1.807) is 6.20 Å². The second-order valence-electron chi connectivity index (χ2n) is 4.33. The number of pyridine rings is 1. The van der Waals surface area contributed by atoms with Gasteiger partial charge in [0.25, 0.3) is 0 Å². The van der Waals surface area contributed by atoms with Crippen LogP contribution in [0.1, 0.15) is 19.4 Å². The topological polar surface area (TPSA) is 52.0 Å². The Morgan fingerprint density at radius 1 is 1.50 bits per heavy atom. The SMILES string of the molecule is CC1CN(c2ccc(C#N)cn2)C(C)CN1. The molecule has 1 aromatic rings. The van der Waals surface area contributed by atoms with Gasteiger partial charge in [0.05, 0.1) is 5.56 Å². The summed E-state index contributed by atoms with van der Waals surface area (Å²) >= 11 is 0. The minimum Gasteiger partial charge on any atom is -0.351 e. The van der Waals surface area contributed by atoms with Gasteiger partial charge < -0.3 is 10.2 Å². The summed E-state index contributed by atoms with van der Waals surface area (Å²) in [5.74, 6) is 0.958. The van der Waals surface area contributed by atoms with Gasteiger partial charge in [-0.1, -0.05) is 0 Å². The molecule has 0 aliphatic carbocycles. The molecule has 2 heterocycles. The molecule has 0 radical (unpaired) electrons. The molecule has 1 aromatic heterocycles. The molecule has 0 amide bonds. The predicted molar refractivity (Wildman–Crippen MR) is 63.2 cm³/mol. The highest BCUT2D eigenvalue weighted by Crippen LogP contribution is 2.17. The van der Waals surface area contributed by atoms with E-state index in [9.17, 15) is 0 Å². The molecule has 0 spiro atoms. The fraction of sp³-hybridized carbons (Fsp3) is 0.500. The van der Waals surface area contributed by atoms with Crippen molar-refractivity contribution in [3.63, 3.8) is 0 Å². The maximum Gasteiger partial charge on any atom is 0.128 e. The van der Waals surface area contributed by atoms with Crippen molar-refractivity contribution >= 4 is 5.82 Å². The Kier molecular flexibility index (Phi) is 3.07. The van der Waals surface area contributed by atoms with Crippen molar-refractivity contribution in [3.05, 3.63) is 23.9 Å². The first-order valence-corrected chi connectivity index (χ1v) is 5.57. The van der Waals surface area contributed by atoms with Gasteiger partial charge in [-0.3, -0.25) is 0 Å². The third kappa shape index (κ3) is 2.15. The molecule has 4 heteroatoms. The van der Waals surface area contributed by atoms with Crippen molar-refractivity contribution in [3.8, 4) is 6.07 Å². The summed E-state index contributed by atoms with van der Waals surface area (Å²) in [4.78, 5) is 6.61. The standard InChI is InChI=1S/C12H16N4/c1-9-8-16(10(2)6-14-9)12-4-3-11(5-13)7-15-12/h3-4,7,9-10,14H,6,8H2,1-2H3. The van der Waals surface area contributed by atoms with Crippen molar-refractivity contribution in [2.45, 2.75) is 25.9 Å². The van der Waals surface area contributed by atoms with Gasteiger partial charge in [0.15, 0.2) is 0 Å². The Labute approximate surface area is 95.9 Å². The van der Waals surface area contributed by atoms with Crippen molar-refractivity contribution in [2.24, 2.45) is 0 Å². The van der Waals surface area contributed by atoms with Gasteiger partial charge in [0.2, 0.25) is 0 Å². The van der Waals surface area contributed by atoms with Gasteiger partial charge in [-0.2, -0.15) is 5.26 Å². The monoisotopic (exact) mass is 216 g/mol. The highest BCUT2D eigenvalue weighted by Gasteiger charge is 2.23. The maximum atomic E-state index is 8.72.